The molecule has 0 aliphatic carbocycles. The first-order valence-corrected chi connectivity index (χ1v) is 13.4. The lowest BCUT2D eigenvalue weighted by Gasteiger charge is -2.42. The van der Waals surface area contributed by atoms with Gasteiger partial charge in [-0.3, -0.25) is 4.79 Å². The third kappa shape index (κ3) is 5.41. The summed E-state index contributed by atoms with van der Waals surface area (Å²) < 4.78 is 6.88. The van der Waals surface area contributed by atoms with E-state index in [0.29, 0.717) is 17.6 Å². The smallest absolute Gasteiger partial charge is 0.261 e. The lowest BCUT2D eigenvalue weighted by Crippen LogP contribution is -2.66. The van der Waals surface area contributed by atoms with E-state index >= 15 is 0 Å². The van der Waals surface area contributed by atoms with Crippen LogP contribution in [0.25, 0.3) is 0 Å². The number of Topliss-reactive ketones (excluding diaryl/α,β-unsaturated/α-hetero) is 1. The van der Waals surface area contributed by atoms with Crippen LogP contribution in [0.15, 0.2) is 103 Å². The van der Waals surface area contributed by atoms with Crippen LogP contribution in [0.4, 0.5) is 0 Å². The number of rotatable bonds is 9. The van der Waals surface area contributed by atoms with Crippen molar-refractivity contribution in [3.63, 3.8) is 0 Å². The van der Waals surface area contributed by atoms with E-state index < -0.39 is 14.4 Å². The number of aliphatic hydroxyl groups is 1. The van der Waals surface area contributed by atoms with Gasteiger partial charge in [-0.1, -0.05) is 125 Å². The van der Waals surface area contributed by atoms with Gasteiger partial charge in [-0.15, -0.1) is 0 Å². The van der Waals surface area contributed by atoms with E-state index in [4.69, 9.17) is 4.43 Å². The molecular formula is C29H34O3Si. The van der Waals surface area contributed by atoms with Crippen LogP contribution in [0.3, 0.4) is 0 Å². The number of hydrogen-bond acceptors (Lipinski definition) is 3. The second-order valence-electron chi connectivity index (χ2n) is 9.22. The third-order valence-corrected chi connectivity index (χ3v) is 11.1. The molecule has 0 amide bonds. The fourth-order valence-corrected chi connectivity index (χ4v) is 8.90. The summed E-state index contributed by atoms with van der Waals surface area (Å²) in [5.41, 5.74) is 1.10. The van der Waals surface area contributed by atoms with Gasteiger partial charge in [-0.2, -0.15) is 0 Å². The Morgan fingerprint density at radius 3 is 1.76 bits per heavy atom. The maximum absolute atomic E-state index is 12.7. The van der Waals surface area contributed by atoms with Gasteiger partial charge in [0.15, 0.2) is 5.78 Å². The van der Waals surface area contributed by atoms with Gasteiger partial charge in [-0.05, 0) is 21.0 Å². The minimum atomic E-state index is -2.71. The van der Waals surface area contributed by atoms with Crippen molar-refractivity contribution in [3.05, 3.63) is 108 Å². The zero-order valence-electron chi connectivity index (χ0n) is 20.0. The molecule has 0 radical (unpaired) electrons. The Bertz CT molecular complexity index is 1010. The third-order valence-electron chi connectivity index (χ3n) is 6.07. The van der Waals surface area contributed by atoms with Gasteiger partial charge in [0, 0.05) is 12.0 Å². The van der Waals surface area contributed by atoms with Gasteiger partial charge in [0.2, 0.25) is 0 Å². The Balaban J connectivity index is 2.04. The molecule has 0 aliphatic rings. The second-order valence-corrected chi connectivity index (χ2v) is 13.5. The van der Waals surface area contributed by atoms with Crippen molar-refractivity contribution >= 4 is 24.5 Å². The lowest BCUT2D eigenvalue weighted by atomic mass is 9.97. The summed E-state index contributed by atoms with van der Waals surface area (Å²) in [6.07, 6.45) is 1.14. The first-order chi connectivity index (χ1) is 15.8. The first-order valence-electron chi connectivity index (χ1n) is 11.5. The van der Waals surface area contributed by atoms with Crippen molar-refractivity contribution < 1.29 is 14.3 Å². The van der Waals surface area contributed by atoms with Crippen molar-refractivity contribution in [2.75, 3.05) is 6.61 Å². The topological polar surface area (TPSA) is 46.5 Å². The molecule has 33 heavy (non-hydrogen) atoms. The minimum Gasteiger partial charge on any atom is -0.404 e. The van der Waals surface area contributed by atoms with Crippen LogP contribution in [-0.4, -0.2) is 25.8 Å². The predicted molar refractivity (Wildman–Crippen MR) is 138 cm³/mol. The van der Waals surface area contributed by atoms with E-state index in [0.717, 1.165) is 0 Å². The molecule has 1 atom stereocenters. The molecule has 0 fully saturated rings. The predicted octanol–water partition coefficient (Wildman–Crippen LogP) is 5.20. The molecule has 3 aromatic carbocycles. The average molecular weight is 459 g/mol. The largest absolute Gasteiger partial charge is 0.404 e. The zero-order chi connectivity index (χ0) is 23.9. The summed E-state index contributed by atoms with van der Waals surface area (Å²) in [4.78, 5) is 12.7. The summed E-state index contributed by atoms with van der Waals surface area (Å²) in [5.74, 6) is -0.0719. The Morgan fingerprint density at radius 2 is 1.33 bits per heavy atom. The van der Waals surface area contributed by atoms with Crippen molar-refractivity contribution in [1.82, 2.24) is 0 Å². The molecule has 0 bridgehead atoms. The monoisotopic (exact) mass is 458 g/mol. The van der Waals surface area contributed by atoms with Gasteiger partial charge in [0.1, 0.15) is 6.10 Å². The van der Waals surface area contributed by atoms with Crippen LogP contribution in [-0.2, 0) is 9.22 Å². The Morgan fingerprint density at radius 1 is 0.879 bits per heavy atom. The molecular weight excluding hydrogens is 424 g/mol. The van der Waals surface area contributed by atoms with E-state index in [1.165, 1.54) is 10.4 Å². The molecule has 0 saturated carbocycles. The van der Waals surface area contributed by atoms with Gasteiger partial charge in [-0.25, -0.2) is 0 Å². The van der Waals surface area contributed by atoms with Gasteiger partial charge >= 0.3 is 0 Å². The number of hydrogen-bond donors (Lipinski definition) is 1. The van der Waals surface area contributed by atoms with E-state index in [-0.39, 0.29) is 17.4 Å². The lowest BCUT2D eigenvalue weighted by molar-refractivity contribution is -0.116. The molecule has 0 aliphatic heterocycles. The molecule has 1 unspecified atom stereocenters. The van der Waals surface area contributed by atoms with Crippen LogP contribution in [0.2, 0.25) is 5.04 Å². The highest BCUT2D eigenvalue weighted by atomic mass is 28.4. The van der Waals surface area contributed by atoms with Crippen molar-refractivity contribution in [1.29, 1.82) is 0 Å². The molecule has 3 rings (SSSR count). The molecule has 1 N–H and O–H groups in total. The van der Waals surface area contributed by atoms with Crippen LogP contribution in [0.5, 0.6) is 0 Å². The summed E-state index contributed by atoms with van der Waals surface area (Å²) in [6.45, 7) is 8.73. The summed E-state index contributed by atoms with van der Waals surface area (Å²) >= 11 is 0. The molecule has 3 nitrogen and oxygen atoms in total. The highest BCUT2D eigenvalue weighted by Gasteiger charge is 2.49. The normalized spacial score (nSPS) is 13.5. The van der Waals surface area contributed by atoms with E-state index in [1.54, 1.807) is 6.08 Å². The maximum Gasteiger partial charge on any atom is 0.261 e. The van der Waals surface area contributed by atoms with Crippen LogP contribution in [0.1, 0.15) is 45.8 Å². The molecule has 0 saturated heterocycles. The molecule has 0 heterocycles. The molecule has 0 spiro atoms. The van der Waals surface area contributed by atoms with Crippen molar-refractivity contribution in [3.8, 4) is 0 Å². The summed E-state index contributed by atoms with van der Waals surface area (Å²) in [6, 6.07) is 30.1. The number of benzene rings is 3. The molecule has 4 heteroatoms. The van der Waals surface area contributed by atoms with E-state index in [9.17, 15) is 9.90 Å². The van der Waals surface area contributed by atoms with Crippen molar-refractivity contribution in [2.45, 2.75) is 45.3 Å². The van der Waals surface area contributed by atoms with Crippen LogP contribution in [0, 0.1) is 0 Å². The molecule has 172 valence electrons. The van der Waals surface area contributed by atoms with Gasteiger partial charge < -0.3 is 9.53 Å². The highest BCUT2D eigenvalue weighted by molar-refractivity contribution is 6.99. The van der Waals surface area contributed by atoms with Crippen molar-refractivity contribution in [2.24, 2.45) is 0 Å². The summed E-state index contributed by atoms with van der Waals surface area (Å²) in [7, 11) is -2.71. The van der Waals surface area contributed by atoms with Gasteiger partial charge in [0.05, 0.1) is 6.61 Å². The molecule has 0 aromatic heterocycles. The first kappa shape index (κ1) is 24.8. The summed E-state index contributed by atoms with van der Waals surface area (Å²) in [5, 5.41) is 13.2. The fraction of sp³-hybridized carbons (Fsp3) is 0.276. The van der Waals surface area contributed by atoms with Crippen LogP contribution >= 0.6 is 0 Å². The number of carbonyl (C=O) groups excluding carboxylic acids is 1. The number of ketones is 1. The Hall–Kier alpha value is -2.79. The standard InChI is InChI=1S/C29H34O3Si/c1-5-27(30)26(28(31)23-15-9-6-10-16-23)21-22-32-33(29(2,3)4,24-17-11-7-12-18-24)25-19-13-8-14-20-25/h6-21,28,31H,5,22H2,1-4H3/b26-21+. The number of carbonyl (C=O) groups is 1. The molecule has 3 aromatic rings. The Labute approximate surface area is 198 Å². The second kappa shape index (κ2) is 10.9. The number of aliphatic hydroxyl groups excluding tert-OH is 1. The zero-order valence-corrected chi connectivity index (χ0v) is 21.0. The Kier molecular flexibility index (Phi) is 8.19. The highest BCUT2D eigenvalue weighted by Crippen LogP contribution is 2.37. The quantitative estimate of drug-likeness (QED) is 0.354. The minimum absolute atomic E-state index is 0.0719. The van der Waals surface area contributed by atoms with E-state index in [2.05, 4.69) is 69.3 Å². The fourth-order valence-electron chi connectivity index (χ4n) is 4.42. The average Bonchev–Trinajstić information content (AvgIpc) is 2.84. The SMILES string of the molecule is CCC(=O)/C(=C\CO[Si](c1ccccc1)(c1ccccc1)C(C)(C)C)C(O)c1ccccc1. The van der Waals surface area contributed by atoms with Gasteiger partial charge in [0.25, 0.3) is 8.32 Å². The maximum atomic E-state index is 12.7. The van der Waals surface area contributed by atoms with E-state index in [1.807, 2.05) is 49.4 Å². The van der Waals surface area contributed by atoms with Crippen LogP contribution < -0.4 is 10.4 Å².